The second-order valence-electron chi connectivity index (χ2n) is 4.96. The minimum absolute atomic E-state index is 0.545. The molecule has 0 atom stereocenters. The summed E-state index contributed by atoms with van der Waals surface area (Å²) in [5, 5.41) is 12.5. The fourth-order valence-corrected chi connectivity index (χ4v) is 2.02. The predicted octanol–water partition coefficient (Wildman–Crippen LogP) is 1.65. The molecule has 94 valence electrons. The number of hydrogen-bond donors (Lipinski definition) is 2. The van der Waals surface area contributed by atoms with Gasteiger partial charge in [-0.15, -0.1) is 0 Å². The summed E-state index contributed by atoms with van der Waals surface area (Å²) in [7, 11) is 0. The highest BCUT2D eigenvalue weighted by Crippen LogP contribution is 2.21. The van der Waals surface area contributed by atoms with E-state index >= 15 is 0 Å². The molecule has 4 heteroatoms. The van der Waals surface area contributed by atoms with Crippen molar-refractivity contribution in [3.8, 4) is 0 Å². The number of rotatable bonds is 6. The number of aliphatic carboxylic acids is 1. The summed E-state index contributed by atoms with van der Waals surface area (Å²) in [5.74, 6) is -0.0578. The maximum absolute atomic E-state index is 11.3. The molecule has 1 heterocycles. The summed E-state index contributed by atoms with van der Waals surface area (Å²) in [5.41, 5.74) is -0.741. The molecule has 2 N–H and O–H groups in total. The van der Waals surface area contributed by atoms with Crippen molar-refractivity contribution in [2.24, 2.45) is 5.92 Å². The Labute approximate surface area is 97.4 Å². The summed E-state index contributed by atoms with van der Waals surface area (Å²) >= 11 is 0. The number of carboxylic acid groups (broad SMARTS) is 1. The van der Waals surface area contributed by atoms with Gasteiger partial charge in [0.2, 0.25) is 0 Å². The van der Waals surface area contributed by atoms with Crippen LogP contribution in [-0.4, -0.2) is 36.4 Å². The highest BCUT2D eigenvalue weighted by molar-refractivity contribution is 5.78. The molecule has 1 aliphatic rings. The van der Waals surface area contributed by atoms with Gasteiger partial charge in [-0.1, -0.05) is 13.8 Å². The number of carboxylic acids is 1. The van der Waals surface area contributed by atoms with Crippen LogP contribution in [0.2, 0.25) is 0 Å². The lowest BCUT2D eigenvalue weighted by Gasteiger charge is -2.34. The molecule has 0 spiro atoms. The van der Waals surface area contributed by atoms with Crippen molar-refractivity contribution in [3.05, 3.63) is 0 Å². The average molecular weight is 229 g/mol. The molecule has 0 radical (unpaired) electrons. The van der Waals surface area contributed by atoms with Crippen LogP contribution in [0.3, 0.4) is 0 Å². The summed E-state index contributed by atoms with van der Waals surface area (Å²) in [4.78, 5) is 11.3. The van der Waals surface area contributed by atoms with Gasteiger partial charge in [0.1, 0.15) is 5.54 Å². The largest absolute Gasteiger partial charge is 0.480 e. The Morgan fingerprint density at radius 2 is 2.06 bits per heavy atom. The van der Waals surface area contributed by atoms with Gasteiger partial charge >= 0.3 is 5.97 Å². The molecule has 1 aliphatic heterocycles. The molecule has 0 aromatic heterocycles. The van der Waals surface area contributed by atoms with Gasteiger partial charge < -0.3 is 15.2 Å². The van der Waals surface area contributed by atoms with E-state index in [2.05, 4.69) is 19.2 Å². The average Bonchev–Trinajstić information content (AvgIpc) is 2.25. The molecule has 0 amide bonds. The van der Waals surface area contributed by atoms with Crippen LogP contribution in [-0.2, 0) is 9.53 Å². The molecule has 16 heavy (non-hydrogen) atoms. The molecular weight excluding hydrogens is 206 g/mol. The van der Waals surface area contributed by atoms with Crippen LogP contribution in [0.4, 0.5) is 0 Å². The van der Waals surface area contributed by atoms with Crippen LogP contribution in [0.1, 0.15) is 39.5 Å². The maximum Gasteiger partial charge on any atom is 0.324 e. The van der Waals surface area contributed by atoms with E-state index in [4.69, 9.17) is 4.74 Å². The molecule has 1 rings (SSSR count). The van der Waals surface area contributed by atoms with Gasteiger partial charge in [-0.05, 0) is 38.1 Å². The van der Waals surface area contributed by atoms with Crippen LogP contribution < -0.4 is 5.32 Å². The molecule has 0 unspecified atom stereocenters. The van der Waals surface area contributed by atoms with Gasteiger partial charge in [0.05, 0.1) is 0 Å². The Hall–Kier alpha value is -0.610. The predicted molar refractivity (Wildman–Crippen MR) is 62.5 cm³/mol. The first-order chi connectivity index (χ1) is 7.57. The number of hydrogen-bond acceptors (Lipinski definition) is 3. The minimum Gasteiger partial charge on any atom is -0.480 e. The monoisotopic (exact) mass is 229 g/mol. The zero-order chi connectivity index (χ0) is 12.0. The molecule has 0 aromatic carbocycles. The van der Waals surface area contributed by atoms with Crippen molar-refractivity contribution in [2.45, 2.75) is 45.1 Å². The van der Waals surface area contributed by atoms with E-state index in [0.29, 0.717) is 32.0 Å². The molecule has 0 bridgehead atoms. The topological polar surface area (TPSA) is 58.6 Å². The van der Waals surface area contributed by atoms with Crippen molar-refractivity contribution in [2.75, 3.05) is 19.8 Å². The Morgan fingerprint density at radius 3 is 2.56 bits per heavy atom. The van der Waals surface area contributed by atoms with Gasteiger partial charge in [0.15, 0.2) is 0 Å². The highest BCUT2D eigenvalue weighted by atomic mass is 16.5. The third-order valence-corrected chi connectivity index (χ3v) is 3.18. The number of carbonyl (C=O) groups is 1. The van der Waals surface area contributed by atoms with E-state index in [-0.39, 0.29) is 0 Å². The molecule has 1 saturated heterocycles. The molecule has 0 aliphatic carbocycles. The summed E-state index contributed by atoms with van der Waals surface area (Å²) in [6.45, 7) is 6.24. The van der Waals surface area contributed by atoms with E-state index in [9.17, 15) is 9.90 Å². The fourth-order valence-electron chi connectivity index (χ4n) is 2.02. The third-order valence-electron chi connectivity index (χ3n) is 3.18. The maximum atomic E-state index is 11.3. The van der Waals surface area contributed by atoms with Crippen molar-refractivity contribution in [1.29, 1.82) is 0 Å². The standard InChI is InChI=1S/C12H23NO3/c1-10(2)4-3-7-13-12(11(14)15)5-8-16-9-6-12/h10,13H,3-9H2,1-2H3,(H,14,15). The Kier molecular flexibility index (Phi) is 5.22. The second kappa shape index (κ2) is 6.21. The van der Waals surface area contributed by atoms with Gasteiger partial charge in [-0.2, -0.15) is 0 Å². The smallest absolute Gasteiger partial charge is 0.324 e. The van der Waals surface area contributed by atoms with Crippen molar-refractivity contribution < 1.29 is 14.6 Å². The Morgan fingerprint density at radius 1 is 1.44 bits per heavy atom. The normalized spacial score (nSPS) is 19.9. The minimum atomic E-state index is -0.741. The summed E-state index contributed by atoms with van der Waals surface area (Å²) in [6, 6.07) is 0. The first-order valence-electron chi connectivity index (χ1n) is 6.13. The molecule has 0 aromatic rings. The van der Waals surface area contributed by atoms with Crippen LogP contribution in [0, 0.1) is 5.92 Å². The van der Waals surface area contributed by atoms with Crippen LogP contribution in [0.25, 0.3) is 0 Å². The number of ether oxygens (including phenoxy) is 1. The molecule has 4 nitrogen and oxygen atoms in total. The summed E-state index contributed by atoms with van der Waals surface area (Å²) < 4.78 is 5.22. The van der Waals surface area contributed by atoms with E-state index in [1.807, 2.05) is 0 Å². The van der Waals surface area contributed by atoms with Crippen molar-refractivity contribution in [1.82, 2.24) is 5.32 Å². The van der Waals surface area contributed by atoms with E-state index in [1.165, 1.54) is 0 Å². The Balaban J connectivity index is 2.36. The first kappa shape index (κ1) is 13.5. The zero-order valence-electron chi connectivity index (χ0n) is 10.3. The van der Waals surface area contributed by atoms with Gasteiger partial charge in [0, 0.05) is 13.2 Å². The van der Waals surface area contributed by atoms with Crippen LogP contribution in [0.5, 0.6) is 0 Å². The lowest BCUT2D eigenvalue weighted by Crippen LogP contribution is -2.55. The Bertz CT molecular complexity index is 222. The van der Waals surface area contributed by atoms with Crippen LogP contribution >= 0.6 is 0 Å². The SMILES string of the molecule is CC(C)CCCNC1(C(=O)O)CCOCC1. The molecule has 0 saturated carbocycles. The quantitative estimate of drug-likeness (QED) is 0.680. The van der Waals surface area contributed by atoms with Gasteiger partial charge in [0.25, 0.3) is 0 Å². The highest BCUT2D eigenvalue weighted by Gasteiger charge is 2.39. The van der Waals surface area contributed by atoms with Crippen LogP contribution in [0.15, 0.2) is 0 Å². The fraction of sp³-hybridized carbons (Fsp3) is 0.917. The third kappa shape index (κ3) is 3.76. The lowest BCUT2D eigenvalue weighted by molar-refractivity contribution is -0.149. The van der Waals surface area contributed by atoms with Crippen molar-refractivity contribution >= 4 is 5.97 Å². The van der Waals surface area contributed by atoms with Crippen molar-refractivity contribution in [3.63, 3.8) is 0 Å². The zero-order valence-corrected chi connectivity index (χ0v) is 10.3. The lowest BCUT2D eigenvalue weighted by atomic mass is 9.90. The molecule has 1 fully saturated rings. The second-order valence-corrected chi connectivity index (χ2v) is 4.96. The number of nitrogens with one attached hydrogen (secondary N) is 1. The molecular formula is C12H23NO3. The van der Waals surface area contributed by atoms with Gasteiger partial charge in [-0.3, -0.25) is 4.79 Å². The van der Waals surface area contributed by atoms with E-state index < -0.39 is 11.5 Å². The van der Waals surface area contributed by atoms with E-state index in [0.717, 1.165) is 19.4 Å². The first-order valence-corrected chi connectivity index (χ1v) is 6.13. The van der Waals surface area contributed by atoms with E-state index in [1.54, 1.807) is 0 Å². The van der Waals surface area contributed by atoms with Gasteiger partial charge in [-0.25, -0.2) is 0 Å². The summed E-state index contributed by atoms with van der Waals surface area (Å²) in [6.07, 6.45) is 3.32.